The molecule has 7 nitrogen and oxygen atoms in total. The van der Waals surface area contributed by atoms with Crippen molar-refractivity contribution in [3.05, 3.63) is 53.6 Å². The van der Waals surface area contributed by atoms with Gasteiger partial charge in [-0.3, -0.25) is 13.9 Å². The van der Waals surface area contributed by atoms with Gasteiger partial charge in [-0.15, -0.1) is 0 Å². The minimum atomic E-state index is -3.74. The number of para-hydroxylation sites is 1. The average molecular weight is 534 g/mol. The molecule has 0 saturated heterocycles. The molecule has 1 aliphatic carbocycles. The molecule has 8 heteroatoms. The molecule has 37 heavy (non-hydrogen) atoms. The van der Waals surface area contributed by atoms with Gasteiger partial charge < -0.3 is 9.47 Å². The van der Waals surface area contributed by atoms with Crippen LogP contribution in [0.2, 0.25) is 0 Å². The zero-order valence-electron chi connectivity index (χ0n) is 23.2. The quantitative estimate of drug-likeness (QED) is 0.242. The third-order valence-electron chi connectivity index (χ3n) is 7.14. The molecule has 0 aromatic heterocycles. The third-order valence-corrected chi connectivity index (χ3v) is 9.38. The lowest BCUT2D eigenvalue weighted by atomic mass is 9.75. The second-order valence-corrected chi connectivity index (χ2v) is 11.9. The summed E-state index contributed by atoms with van der Waals surface area (Å²) in [7, 11) is -2.16. The van der Waals surface area contributed by atoms with Crippen LogP contribution in [0.15, 0.2) is 48.1 Å². The van der Waals surface area contributed by atoms with E-state index >= 15 is 0 Å². The molecule has 3 atom stereocenters. The highest BCUT2D eigenvalue weighted by Gasteiger charge is 2.40. The Morgan fingerprint density at radius 1 is 1.11 bits per heavy atom. The second kappa shape index (κ2) is 13.8. The van der Waals surface area contributed by atoms with E-state index in [4.69, 9.17) is 9.47 Å². The SMILES string of the molecule is CCOC(=O)CCCC(CC)(Cc1ccccc1N(C)S(=O)(=O)C1C=CCC(C)=CC1C)C(=O)OCC. The zero-order chi connectivity index (χ0) is 27.6. The summed E-state index contributed by atoms with van der Waals surface area (Å²) >= 11 is 0. The maximum Gasteiger partial charge on any atom is 0.312 e. The standard InChI is InChI=1S/C29H43NO6S/c1-7-29(28(32)36-9-3,19-13-18-27(31)35-8-2)21-24-15-10-11-16-25(24)30(6)37(33,34)26-17-12-14-22(4)20-23(26)5/h10-12,15-17,20,23,26H,7-9,13-14,18-19,21H2,1-6H3. The Morgan fingerprint density at radius 3 is 2.43 bits per heavy atom. The summed E-state index contributed by atoms with van der Waals surface area (Å²) in [5.41, 5.74) is 1.55. The molecule has 2 rings (SSSR count). The zero-order valence-corrected chi connectivity index (χ0v) is 24.0. The number of esters is 2. The second-order valence-electron chi connectivity index (χ2n) is 9.80. The van der Waals surface area contributed by atoms with Crippen LogP contribution in [0.3, 0.4) is 0 Å². The lowest BCUT2D eigenvalue weighted by Crippen LogP contribution is -2.39. The number of nitrogens with zero attached hydrogens (tertiary/aromatic N) is 1. The molecule has 0 heterocycles. The molecule has 0 saturated carbocycles. The van der Waals surface area contributed by atoms with Crippen molar-refractivity contribution >= 4 is 27.6 Å². The number of hydrogen-bond acceptors (Lipinski definition) is 6. The Labute approximate surface area is 223 Å². The molecule has 1 aliphatic rings. The summed E-state index contributed by atoms with van der Waals surface area (Å²) in [5.74, 6) is -0.796. The Morgan fingerprint density at radius 2 is 1.78 bits per heavy atom. The van der Waals surface area contributed by atoms with Crippen molar-refractivity contribution in [3.8, 4) is 0 Å². The molecule has 0 aliphatic heterocycles. The fraction of sp³-hybridized carbons (Fsp3) is 0.586. The normalized spacial score (nSPS) is 19.4. The first-order chi connectivity index (χ1) is 17.5. The van der Waals surface area contributed by atoms with Crippen molar-refractivity contribution in [2.45, 2.75) is 78.4 Å². The number of rotatable bonds is 13. The smallest absolute Gasteiger partial charge is 0.312 e. The maximum atomic E-state index is 13.8. The topological polar surface area (TPSA) is 90.0 Å². The van der Waals surface area contributed by atoms with Crippen LogP contribution in [-0.2, 0) is 35.5 Å². The summed E-state index contributed by atoms with van der Waals surface area (Å²) in [4.78, 5) is 25.2. The molecule has 3 unspecified atom stereocenters. The number of ether oxygens (including phenoxy) is 2. The first-order valence-electron chi connectivity index (χ1n) is 13.2. The minimum absolute atomic E-state index is 0.171. The summed E-state index contributed by atoms with van der Waals surface area (Å²) in [6.07, 6.45) is 8.37. The average Bonchev–Trinajstić information content (AvgIpc) is 3.03. The van der Waals surface area contributed by atoms with E-state index in [1.165, 1.54) is 4.31 Å². The van der Waals surface area contributed by atoms with Crippen LogP contribution in [0.5, 0.6) is 0 Å². The van der Waals surface area contributed by atoms with Gasteiger partial charge in [-0.05, 0) is 70.4 Å². The van der Waals surface area contributed by atoms with E-state index in [-0.39, 0.29) is 30.9 Å². The molecule has 0 fully saturated rings. The summed E-state index contributed by atoms with van der Waals surface area (Å²) < 4.78 is 39.5. The fourth-order valence-corrected chi connectivity index (χ4v) is 6.74. The van der Waals surface area contributed by atoms with Crippen LogP contribution >= 0.6 is 0 Å². The van der Waals surface area contributed by atoms with Gasteiger partial charge in [0.1, 0.15) is 5.25 Å². The maximum absolute atomic E-state index is 13.8. The third kappa shape index (κ3) is 7.69. The molecule has 0 amide bonds. The van der Waals surface area contributed by atoms with Gasteiger partial charge in [0.2, 0.25) is 10.0 Å². The van der Waals surface area contributed by atoms with Gasteiger partial charge in [-0.2, -0.15) is 0 Å². The highest BCUT2D eigenvalue weighted by Crippen LogP contribution is 2.38. The first-order valence-corrected chi connectivity index (χ1v) is 14.7. The van der Waals surface area contributed by atoms with E-state index in [0.717, 1.165) is 17.6 Å². The molecule has 0 radical (unpaired) electrons. The van der Waals surface area contributed by atoms with Crippen LogP contribution in [0.25, 0.3) is 0 Å². The van der Waals surface area contributed by atoms with Gasteiger partial charge in [-0.1, -0.05) is 55.8 Å². The molecule has 206 valence electrons. The number of benzene rings is 1. The van der Waals surface area contributed by atoms with E-state index in [9.17, 15) is 18.0 Å². The molecule has 0 spiro atoms. The van der Waals surface area contributed by atoms with E-state index in [0.29, 0.717) is 38.0 Å². The number of carbonyl (C=O) groups is 2. The Kier molecular flexibility index (Phi) is 11.4. The van der Waals surface area contributed by atoms with Crippen LogP contribution in [0.1, 0.15) is 72.3 Å². The first kappa shape index (κ1) is 30.6. The van der Waals surface area contributed by atoms with E-state index in [1.807, 2.05) is 45.1 Å². The van der Waals surface area contributed by atoms with Crippen LogP contribution < -0.4 is 4.31 Å². The highest BCUT2D eigenvalue weighted by molar-refractivity contribution is 7.93. The Bertz CT molecular complexity index is 1090. The number of carbonyl (C=O) groups excluding carboxylic acids is 2. The lowest BCUT2D eigenvalue weighted by Gasteiger charge is -2.33. The van der Waals surface area contributed by atoms with Crippen molar-refractivity contribution in [2.75, 3.05) is 24.6 Å². The molecular weight excluding hydrogens is 490 g/mol. The predicted octanol–water partition coefficient (Wildman–Crippen LogP) is 5.60. The fourth-order valence-electron chi connectivity index (χ4n) is 4.99. The summed E-state index contributed by atoms with van der Waals surface area (Å²) in [5, 5.41) is -0.687. The van der Waals surface area contributed by atoms with Crippen molar-refractivity contribution in [3.63, 3.8) is 0 Å². The van der Waals surface area contributed by atoms with E-state index in [2.05, 4.69) is 0 Å². The Balaban J connectivity index is 2.42. The summed E-state index contributed by atoms with van der Waals surface area (Å²) in [6, 6.07) is 7.31. The van der Waals surface area contributed by atoms with Gasteiger partial charge in [0.15, 0.2) is 0 Å². The van der Waals surface area contributed by atoms with Gasteiger partial charge in [0.05, 0.1) is 24.3 Å². The monoisotopic (exact) mass is 533 g/mol. The highest BCUT2D eigenvalue weighted by atomic mass is 32.2. The number of anilines is 1. The van der Waals surface area contributed by atoms with Crippen molar-refractivity contribution in [2.24, 2.45) is 11.3 Å². The molecule has 1 aromatic rings. The van der Waals surface area contributed by atoms with Gasteiger partial charge >= 0.3 is 11.9 Å². The largest absolute Gasteiger partial charge is 0.466 e. The number of hydrogen-bond donors (Lipinski definition) is 0. The van der Waals surface area contributed by atoms with Gasteiger partial charge in [0.25, 0.3) is 0 Å². The minimum Gasteiger partial charge on any atom is -0.466 e. The van der Waals surface area contributed by atoms with Crippen molar-refractivity contribution in [1.82, 2.24) is 0 Å². The molecule has 0 bridgehead atoms. The number of sulfonamides is 1. The molecule has 0 N–H and O–H groups in total. The van der Waals surface area contributed by atoms with Crippen LogP contribution in [0, 0.1) is 11.3 Å². The van der Waals surface area contributed by atoms with E-state index < -0.39 is 20.7 Å². The van der Waals surface area contributed by atoms with Crippen LogP contribution in [-0.4, -0.2) is 45.9 Å². The van der Waals surface area contributed by atoms with Gasteiger partial charge in [-0.25, -0.2) is 8.42 Å². The lowest BCUT2D eigenvalue weighted by molar-refractivity contribution is -0.157. The van der Waals surface area contributed by atoms with Crippen molar-refractivity contribution in [1.29, 1.82) is 0 Å². The van der Waals surface area contributed by atoms with Crippen molar-refractivity contribution < 1.29 is 27.5 Å². The molecular formula is C29H43NO6S. The van der Waals surface area contributed by atoms with Crippen LogP contribution in [0.4, 0.5) is 5.69 Å². The predicted molar refractivity (Wildman–Crippen MR) is 148 cm³/mol. The van der Waals surface area contributed by atoms with Gasteiger partial charge in [0, 0.05) is 13.5 Å². The molecule has 1 aromatic carbocycles. The number of allylic oxidation sites excluding steroid dienone is 3. The Hall–Kier alpha value is -2.61. The van der Waals surface area contributed by atoms with E-state index in [1.54, 1.807) is 39.1 Å². The summed E-state index contributed by atoms with van der Waals surface area (Å²) in [6.45, 7) is 9.95.